The van der Waals surface area contributed by atoms with E-state index in [9.17, 15) is 13.8 Å². The van der Waals surface area contributed by atoms with E-state index in [1.165, 1.54) is 25.7 Å². The highest BCUT2D eigenvalue weighted by molar-refractivity contribution is 7.85. The molecule has 0 bridgehead atoms. The van der Waals surface area contributed by atoms with Gasteiger partial charge in [0.2, 0.25) is 5.91 Å². The zero-order valence-electron chi connectivity index (χ0n) is 28.6. The molecule has 4 N–H and O–H groups in total. The van der Waals surface area contributed by atoms with Gasteiger partial charge in [-0.15, -0.1) is 5.48 Å². The second kappa shape index (κ2) is 16.9. The molecule has 1 aromatic rings. The van der Waals surface area contributed by atoms with Crippen LogP contribution in [-0.2, 0) is 20.4 Å². The van der Waals surface area contributed by atoms with Crippen molar-refractivity contribution in [3.05, 3.63) is 29.4 Å². The molecule has 4 aliphatic heterocycles. The van der Waals surface area contributed by atoms with Gasteiger partial charge in [0.15, 0.2) is 5.69 Å². The summed E-state index contributed by atoms with van der Waals surface area (Å²) in [6.07, 6.45) is 12.3. The summed E-state index contributed by atoms with van der Waals surface area (Å²) in [6.45, 7) is 10.2. The number of carbonyl (C=O) groups is 2. The van der Waals surface area contributed by atoms with Crippen LogP contribution in [-0.4, -0.2) is 111 Å². The molecule has 3 saturated heterocycles. The standard InChI is InChI=1S/C17H27N3O3S.C14H19N3O2.C2H6.CH4O/c1-11-9-20(13-4-6-24(22)7-5-13)10-15(11)18-17(21)14-8-16(23-19-14)12-2-3-12;18-14(12-7-13(19-16-12)9-1-2-9)15-10-5-6-17(8-10)11-3-4-11;2*1-2/h8,11-15,19H,2-7,9-10H2,1H3,(H,18,21);7,9-11H,1-6,8H2,(H,15,18);1-2H3;2H,1H3. The Morgan fingerprint density at radius 3 is 2.26 bits per heavy atom. The molecule has 4 unspecified atom stereocenters. The summed E-state index contributed by atoms with van der Waals surface area (Å²) in [4.78, 5) is 35.0. The summed E-state index contributed by atoms with van der Waals surface area (Å²) < 4.78 is 16.8. The van der Waals surface area contributed by atoms with Crippen LogP contribution in [0, 0.1) is 11.8 Å². The number of rotatable bonds is 8. The number of aliphatic hydroxyl groups excluding tert-OH is 1. The van der Waals surface area contributed by atoms with Crippen molar-refractivity contribution in [3.8, 4) is 0 Å². The smallest absolute Gasteiger partial charge is 0.273 e. The highest BCUT2D eigenvalue weighted by Crippen LogP contribution is 2.40. The molecule has 7 aliphatic rings. The zero-order chi connectivity index (χ0) is 33.5. The molecule has 264 valence electrons. The third-order valence-electron chi connectivity index (χ3n) is 10.1. The highest BCUT2D eigenvalue weighted by Gasteiger charge is 2.39. The van der Waals surface area contributed by atoms with Crippen LogP contribution in [0.25, 0.3) is 0 Å². The molecule has 0 radical (unpaired) electrons. The van der Waals surface area contributed by atoms with Crippen molar-refractivity contribution in [1.82, 2.24) is 31.1 Å². The predicted molar refractivity (Wildman–Crippen MR) is 181 cm³/mol. The van der Waals surface area contributed by atoms with Crippen LogP contribution >= 0.6 is 0 Å². The fourth-order valence-corrected chi connectivity index (χ4v) is 8.16. The van der Waals surface area contributed by atoms with Gasteiger partial charge in [-0.25, -0.2) is 0 Å². The topological polar surface area (TPSA) is 149 Å². The number of allylic oxidation sites excluding steroid dienone is 1. The maximum Gasteiger partial charge on any atom is 0.273 e. The van der Waals surface area contributed by atoms with E-state index >= 15 is 0 Å². The van der Waals surface area contributed by atoms with Crippen LogP contribution in [0.5, 0.6) is 0 Å². The van der Waals surface area contributed by atoms with Crippen LogP contribution < -0.4 is 16.1 Å². The van der Waals surface area contributed by atoms with Gasteiger partial charge < -0.3 is 25.1 Å². The van der Waals surface area contributed by atoms with Gasteiger partial charge in [0.1, 0.15) is 17.6 Å². The van der Waals surface area contributed by atoms with Crippen molar-refractivity contribution in [2.75, 3.05) is 44.8 Å². The van der Waals surface area contributed by atoms with Crippen LogP contribution in [0.4, 0.5) is 0 Å². The summed E-state index contributed by atoms with van der Waals surface area (Å²) in [5.74, 6) is 4.85. The van der Waals surface area contributed by atoms with E-state index < -0.39 is 10.8 Å². The third-order valence-corrected chi connectivity index (χ3v) is 11.5. The number of aromatic nitrogens is 1. The first-order valence-corrected chi connectivity index (χ1v) is 19.4. The third kappa shape index (κ3) is 9.87. The number of hydroxylamine groups is 1. The molecular formula is C34H56N6O6S. The number of hydrogen-bond donors (Lipinski definition) is 4. The fraction of sp³-hybridized carbons (Fsp3) is 0.794. The number of likely N-dealkylation sites (tertiary alicyclic amines) is 2. The molecule has 5 heterocycles. The second-order valence-corrected chi connectivity index (χ2v) is 15.4. The minimum absolute atomic E-state index is 0.00842. The molecule has 2 amide bonds. The van der Waals surface area contributed by atoms with Gasteiger partial charge in [0.25, 0.3) is 5.91 Å². The summed E-state index contributed by atoms with van der Waals surface area (Å²) >= 11 is 0. The average molecular weight is 677 g/mol. The maximum atomic E-state index is 12.5. The summed E-state index contributed by atoms with van der Waals surface area (Å²) in [5, 5.41) is 17.2. The minimum atomic E-state index is -0.617. The Morgan fingerprint density at radius 2 is 1.60 bits per heavy atom. The van der Waals surface area contributed by atoms with E-state index in [2.05, 4.69) is 38.0 Å². The molecule has 0 spiro atoms. The summed E-state index contributed by atoms with van der Waals surface area (Å²) in [6, 6.07) is 3.22. The Bertz CT molecular complexity index is 1240. The van der Waals surface area contributed by atoms with Crippen LogP contribution in [0.3, 0.4) is 0 Å². The molecule has 3 saturated carbocycles. The molecule has 47 heavy (non-hydrogen) atoms. The number of carbonyl (C=O) groups excluding carboxylic acids is 2. The van der Waals surface area contributed by atoms with E-state index in [1.54, 1.807) is 6.07 Å². The Balaban J connectivity index is 0.000000170. The average Bonchev–Trinajstić information content (AvgIpc) is 4.08. The zero-order valence-corrected chi connectivity index (χ0v) is 29.4. The lowest BCUT2D eigenvalue weighted by Crippen LogP contribution is -2.48. The molecule has 13 heteroatoms. The molecule has 1 aromatic heterocycles. The second-order valence-electron chi connectivity index (χ2n) is 13.7. The molecular weight excluding hydrogens is 620 g/mol. The van der Waals surface area contributed by atoms with Crippen molar-refractivity contribution in [1.29, 1.82) is 0 Å². The predicted octanol–water partition coefficient (Wildman–Crippen LogP) is 2.68. The lowest BCUT2D eigenvalue weighted by atomic mass is 10.1. The van der Waals surface area contributed by atoms with Crippen molar-refractivity contribution in [2.24, 2.45) is 11.8 Å². The quantitative estimate of drug-likeness (QED) is 0.324. The Morgan fingerprint density at radius 1 is 0.915 bits per heavy atom. The first-order chi connectivity index (χ1) is 22.9. The molecule has 6 fully saturated rings. The maximum absolute atomic E-state index is 12.5. The van der Waals surface area contributed by atoms with Gasteiger partial charge in [-0.1, -0.05) is 25.9 Å². The number of nitrogens with zero attached hydrogens (tertiary/aromatic N) is 3. The van der Waals surface area contributed by atoms with E-state index in [0.29, 0.717) is 29.5 Å². The van der Waals surface area contributed by atoms with Gasteiger partial charge in [-0.2, -0.15) is 0 Å². The van der Waals surface area contributed by atoms with Gasteiger partial charge in [-0.3, -0.25) is 23.6 Å². The molecule has 3 aliphatic carbocycles. The van der Waals surface area contributed by atoms with Crippen LogP contribution in [0.15, 0.2) is 22.4 Å². The van der Waals surface area contributed by atoms with Crippen LogP contribution in [0.1, 0.15) is 101 Å². The van der Waals surface area contributed by atoms with Crippen molar-refractivity contribution in [3.63, 3.8) is 0 Å². The summed E-state index contributed by atoms with van der Waals surface area (Å²) in [7, 11) is 0.383. The van der Waals surface area contributed by atoms with E-state index in [0.717, 1.165) is 94.5 Å². The molecule has 0 aromatic carbocycles. The minimum Gasteiger partial charge on any atom is -0.412 e. The van der Waals surface area contributed by atoms with Crippen molar-refractivity contribution < 1.29 is 28.3 Å². The lowest BCUT2D eigenvalue weighted by molar-refractivity contribution is -0.124. The van der Waals surface area contributed by atoms with Crippen molar-refractivity contribution in [2.45, 2.75) is 115 Å². The SMILES string of the molecule is CC.CC1CN(C2CCS(=O)CC2)CC1NC(=O)C1C=C(C2CC2)ON1.CO.O=C(NC1CCN(C2CC2)C1)c1cc(C2CC2)on1. The summed E-state index contributed by atoms with van der Waals surface area (Å²) in [5.41, 5.74) is 3.28. The lowest BCUT2D eigenvalue weighted by Gasteiger charge is -2.30. The number of amides is 2. The van der Waals surface area contributed by atoms with Crippen LogP contribution in [0.2, 0.25) is 0 Å². The van der Waals surface area contributed by atoms with Gasteiger partial charge >= 0.3 is 0 Å². The first kappa shape index (κ1) is 36.0. The number of hydrogen-bond acceptors (Lipinski definition) is 10. The molecule has 8 rings (SSSR count). The number of nitrogens with one attached hydrogen (secondary N) is 3. The first-order valence-electron chi connectivity index (χ1n) is 17.9. The van der Waals surface area contributed by atoms with E-state index in [1.807, 2.05) is 19.9 Å². The number of aliphatic hydroxyl groups is 1. The van der Waals surface area contributed by atoms with Gasteiger partial charge in [0, 0.05) is 97.7 Å². The highest BCUT2D eigenvalue weighted by atomic mass is 32.2. The van der Waals surface area contributed by atoms with Gasteiger partial charge in [0.05, 0.1) is 0 Å². The Kier molecular flexibility index (Phi) is 12.9. The Hall–Kier alpha value is -2.32. The molecule has 4 atom stereocenters. The normalized spacial score (nSPS) is 32.0. The van der Waals surface area contributed by atoms with E-state index in [4.69, 9.17) is 14.5 Å². The molecule has 12 nitrogen and oxygen atoms in total. The van der Waals surface area contributed by atoms with Gasteiger partial charge in [-0.05, 0) is 69.8 Å². The van der Waals surface area contributed by atoms with Crippen molar-refractivity contribution >= 4 is 22.6 Å². The largest absolute Gasteiger partial charge is 0.412 e. The monoisotopic (exact) mass is 676 g/mol. The fourth-order valence-electron chi connectivity index (χ4n) is 6.88. The Labute approximate surface area is 282 Å². The van der Waals surface area contributed by atoms with E-state index in [-0.39, 0.29) is 29.9 Å².